The van der Waals surface area contributed by atoms with Crippen molar-refractivity contribution in [2.24, 2.45) is 5.92 Å². The highest BCUT2D eigenvalue weighted by molar-refractivity contribution is 6.42. The fourth-order valence-corrected chi connectivity index (χ4v) is 3.68. The molecule has 1 N–H and O–H groups in total. The number of anilines is 1. The van der Waals surface area contributed by atoms with Crippen molar-refractivity contribution in [3.05, 3.63) is 64.1 Å². The molecule has 0 saturated carbocycles. The van der Waals surface area contributed by atoms with Gasteiger partial charge in [-0.15, -0.1) is 0 Å². The number of piperidine rings is 1. The van der Waals surface area contributed by atoms with E-state index in [-0.39, 0.29) is 17.9 Å². The zero-order chi connectivity index (χ0) is 20.1. The van der Waals surface area contributed by atoms with E-state index in [1.54, 1.807) is 29.0 Å². The minimum absolute atomic E-state index is 0.0754. The van der Waals surface area contributed by atoms with E-state index in [1.165, 1.54) is 0 Å². The zero-order valence-corrected chi connectivity index (χ0v) is 17.2. The van der Waals surface area contributed by atoms with E-state index < -0.39 is 0 Å². The number of benzene rings is 2. The highest BCUT2D eigenvalue weighted by Crippen LogP contribution is 2.24. The molecular formula is C21H23Cl2N3O2. The Morgan fingerprint density at radius 1 is 1.07 bits per heavy atom. The van der Waals surface area contributed by atoms with E-state index in [0.717, 1.165) is 11.3 Å². The molecule has 0 bridgehead atoms. The van der Waals surface area contributed by atoms with Crippen molar-refractivity contribution < 1.29 is 9.59 Å². The van der Waals surface area contributed by atoms with E-state index in [4.69, 9.17) is 23.2 Å². The monoisotopic (exact) mass is 419 g/mol. The van der Waals surface area contributed by atoms with Gasteiger partial charge < -0.3 is 15.1 Å². The third-order valence-electron chi connectivity index (χ3n) is 4.94. The molecule has 148 valence electrons. The number of urea groups is 1. The van der Waals surface area contributed by atoms with E-state index in [0.29, 0.717) is 42.5 Å². The normalized spacial score (nSPS) is 14.6. The lowest BCUT2D eigenvalue weighted by atomic mass is 9.95. The van der Waals surface area contributed by atoms with Crippen molar-refractivity contribution in [1.82, 2.24) is 9.80 Å². The molecule has 0 aliphatic carbocycles. The van der Waals surface area contributed by atoms with E-state index in [2.05, 4.69) is 5.32 Å². The summed E-state index contributed by atoms with van der Waals surface area (Å²) in [6.07, 6.45) is 1.32. The highest BCUT2D eigenvalue weighted by Gasteiger charge is 2.29. The van der Waals surface area contributed by atoms with Gasteiger partial charge in [-0.1, -0.05) is 47.5 Å². The van der Waals surface area contributed by atoms with Gasteiger partial charge in [-0.3, -0.25) is 4.79 Å². The summed E-state index contributed by atoms with van der Waals surface area (Å²) >= 11 is 12.0. The first-order valence-corrected chi connectivity index (χ1v) is 9.99. The minimum atomic E-state index is -0.124. The Bertz CT molecular complexity index is 837. The Morgan fingerprint density at radius 2 is 1.75 bits per heavy atom. The minimum Gasteiger partial charge on any atom is -0.341 e. The summed E-state index contributed by atoms with van der Waals surface area (Å²) in [5.41, 5.74) is 1.71. The maximum Gasteiger partial charge on any atom is 0.321 e. The summed E-state index contributed by atoms with van der Waals surface area (Å²) < 4.78 is 0. The number of hydrogen-bond acceptors (Lipinski definition) is 2. The van der Waals surface area contributed by atoms with Gasteiger partial charge >= 0.3 is 6.03 Å². The molecule has 2 aromatic rings. The molecule has 0 spiro atoms. The average Bonchev–Trinajstić information content (AvgIpc) is 2.71. The maximum absolute atomic E-state index is 12.8. The lowest BCUT2D eigenvalue weighted by Gasteiger charge is -2.33. The van der Waals surface area contributed by atoms with Crippen molar-refractivity contribution in [3.63, 3.8) is 0 Å². The van der Waals surface area contributed by atoms with Gasteiger partial charge in [0.2, 0.25) is 5.91 Å². The predicted octanol–water partition coefficient (Wildman–Crippen LogP) is 4.90. The molecule has 1 aliphatic rings. The number of halogens is 2. The van der Waals surface area contributed by atoms with Crippen LogP contribution in [0.2, 0.25) is 10.0 Å². The molecule has 0 aromatic heterocycles. The molecule has 2 aromatic carbocycles. The topological polar surface area (TPSA) is 52.7 Å². The highest BCUT2D eigenvalue weighted by atomic mass is 35.5. The first-order chi connectivity index (χ1) is 13.4. The van der Waals surface area contributed by atoms with Crippen molar-refractivity contribution >= 4 is 40.8 Å². The van der Waals surface area contributed by atoms with Crippen LogP contribution < -0.4 is 5.32 Å². The molecule has 1 fully saturated rings. The standard InChI is InChI=1S/C21H23Cl2N3O2/c1-25(14-15-7-8-18(22)19(23)13-15)20(27)16-9-11-26(12-10-16)21(28)24-17-5-3-2-4-6-17/h2-8,13,16H,9-12,14H2,1H3,(H,24,28). The quantitative estimate of drug-likeness (QED) is 0.765. The second-order valence-electron chi connectivity index (χ2n) is 7.00. The molecule has 0 atom stereocenters. The predicted molar refractivity (Wildman–Crippen MR) is 113 cm³/mol. The smallest absolute Gasteiger partial charge is 0.321 e. The summed E-state index contributed by atoms with van der Waals surface area (Å²) in [6, 6.07) is 14.6. The maximum atomic E-state index is 12.8. The summed E-state index contributed by atoms with van der Waals surface area (Å²) in [5.74, 6) is 0.0164. The third kappa shape index (κ3) is 5.18. The van der Waals surface area contributed by atoms with Crippen LogP contribution in [-0.4, -0.2) is 41.9 Å². The van der Waals surface area contributed by atoms with Gasteiger partial charge in [0, 0.05) is 38.3 Å². The fourth-order valence-electron chi connectivity index (χ4n) is 3.35. The third-order valence-corrected chi connectivity index (χ3v) is 5.68. The molecule has 0 radical (unpaired) electrons. The number of para-hydroxylation sites is 1. The lowest BCUT2D eigenvalue weighted by Crippen LogP contribution is -2.44. The van der Waals surface area contributed by atoms with Gasteiger partial charge in [-0.25, -0.2) is 4.79 Å². The van der Waals surface area contributed by atoms with Crippen molar-refractivity contribution in [3.8, 4) is 0 Å². The molecule has 28 heavy (non-hydrogen) atoms. The second kappa shape index (κ2) is 9.30. The Balaban J connectivity index is 1.50. The summed E-state index contributed by atoms with van der Waals surface area (Å²) in [7, 11) is 1.79. The molecular weight excluding hydrogens is 397 g/mol. The van der Waals surface area contributed by atoms with Gasteiger partial charge in [-0.05, 0) is 42.7 Å². The number of rotatable bonds is 4. The molecule has 3 rings (SSSR count). The number of nitrogens with zero attached hydrogens (tertiary/aromatic N) is 2. The molecule has 7 heteroatoms. The first kappa shape index (κ1) is 20.5. The number of carbonyl (C=O) groups excluding carboxylic acids is 2. The van der Waals surface area contributed by atoms with Crippen LogP contribution in [0.5, 0.6) is 0 Å². The van der Waals surface area contributed by atoms with Gasteiger partial charge in [0.15, 0.2) is 0 Å². The molecule has 3 amide bonds. The number of amides is 3. The molecule has 1 saturated heterocycles. The summed E-state index contributed by atoms with van der Waals surface area (Å²) in [6.45, 7) is 1.61. The number of likely N-dealkylation sites (tertiary alicyclic amines) is 1. The largest absolute Gasteiger partial charge is 0.341 e. The molecule has 0 unspecified atom stereocenters. The SMILES string of the molecule is CN(Cc1ccc(Cl)c(Cl)c1)C(=O)C1CCN(C(=O)Nc2ccccc2)CC1. The zero-order valence-electron chi connectivity index (χ0n) is 15.7. The van der Waals surface area contributed by atoms with Crippen LogP contribution in [0.25, 0.3) is 0 Å². The Hall–Kier alpha value is -2.24. The van der Waals surface area contributed by atoms with Crippen LogP contribution in [0.15, 0.2) is 48.5 Å². The van der Waals surface area contributed by atoms with Crippen LogP contribution in [-0.2, 0) is 11.3 Å². The number of hydrogen-bond donors (Lipinski definition) is 1. The van der Waals surface area contributed by atoms with Crippen LogP contribution in [0, 0.1) is 5.92 Å². The summed E-state index contributed by atoms with van der Waals surface area (Å²) in [5, 5.41) is 3.87. The fraction of sp³-hybridized carbons (Fsp3) is 0.333. The second-order valence-corrected chi connectivity index (χ2v) is 7.81. The number of carbonyl (C=O) groups is 2. The van der Waals surface area contributed by atoms with Crippen molar-refractivity contribution in [2.45, 2.75) is 19.4 Å². The average molecular weight is 420 g/mol. The van der Waals surface area contributed by atoms with Gasteiger partial charge in [-0.2, -0.15) is 0 Å². The first-order valence-electron chi connectivity index (χ1n) is 9.24. The Kier molecular flexibility index (Phi) is 6.81. The van der Waals surface area contributed by atoms with Crippen LogP contribution >= 0.6 is 23.2 Å². The van der Waals surface area contributed by atoms with Crippen molar-refractivity contribution in [1.29, 1.82) is 0 Å². The lowest BCUT2D eigenvalue weighted by molar-refractivity contribution is -0.136. The summed E-state index contributed by atoms with van der Waals surface area (Å²) in [4.78, 5) is 28.6. The van der Waals surface area contributed by atoms with Gasteiger partial charge in [0.25, 0.3) is 0 Å². The van der Waals surface area contributed by atoms with E-state index in [9.17, 15) is 9.59 Å². The van der Waals surface area contributed by atoms with E-state index >= 15 is 0 Å². The van der Waals surface area contributed by atoms with Gasteiger partial charge in [0.05, 0.1) is 10.0 Å². The Morgan fingerprint density at radius 3 is 2.39 bits per heavy atom. The van der Waals surface area contributed by atoms with E-state index in [1.807, 2.05) is 36.4 Å². The van der Waals surface area contributed by atoms with Crippen LogP contribution in [0.1, 0.15) is 18.4 Å². The molecule has 5 nitrogen and oxygen atoms in total. The van der Waals surface area contributed by atoms with Crippen molar-refractivity contribution in [2.75, 3.05) is 25.5 Å². The Labute approximate surface area is 175 Å². The van der Waals surface area contributed by atoms with Crippen LogP contribution in [0.4, 0.5) is 10.5 Å². The molecule has 1 heterocycles. The number of nitrogens with one attached hydrogen (secondary N) is 1. The van der Waals surface area contributed by atoms with Crippen LogP contribution in [0.3, 0.4) is 0 Å². The molecule has 1 aliphatic heterocycles. The van der Waals surface area contributed by atoms with Gasteiger partial charge in [0.1, 0.15) is 0 Å².